The number of carboxylic acid groups (broad SMARTS) is 2. The number of benzene rings is 1. The van der Waals surface area contributed by atoms with Gasteiger partial charge in [0.1, 0.15) is 0 Å². The van der Waals surface area contributed by atoms with Crippen LogP contribution in [-0.2, 0) is 20.9 Å². The molecule has 26 heavy (non-hydrogen) atoms. The number of halogens is 2. The van der Waals surface area contributed by atoms with Crippen molar-refractivity contribution < 1.29 is 33.3 Å². The summed E-state index contributed by atoms with van der Waals surface area (Å²) in [4.78, 5) is 24.0. The van der Waals surface area contributed by atoms with Gasteiger partial charge in [0.15, 0.2) is 5.60 Å². The number of carboxylic acids is 2. The van der Waals surface area contributed by atoms with E-state index in [-0.39, 0.29) is 19.4 Å². The maximum absolute atomic E-state index is 13.5. The molecule has 0 aromatic heterocycles. The largest absolute Gasteiger partial charge is 0.481 e. The molecule has 0 fully saturated rings. The van der Waals surface area contributed by atoms with E-state index in [9.17, 15) is 28.6 Å². The maximum Gasteiger partial charge on any atom is 0.336 e. The lowest BCUT2D eigenvalue weighted by molar-refractivity contribution is -0.193. The molecule has 1 aliphatic carbocycles. The molecule has 0 amide bonds. The molecule has 7 heteroatoms. The standard InChI is InChI=1S/C19H22F2O5/c1-3-14-18(2,16(22)23)13(15(20)21)9-10-19(14,17(24)25)26-11-12-7-5-4-6-8-12/h4-9,14-15H,3,10-11H2,1-2H3,(H,22,23)(H,24,25). The van der Waals surface area contributed by atoms with Crippen LogP contribution in [0.5, 0.6) is 0 Å². The molecular formula is C19H22F2O5. The number of carbonyl (C=O) groups is 2. The first-order valence-corrected chi connectivity index (χ1v) is 8.33. The third kappa shape index (κ3) is 3.23. The number of hydrogen-bond acceptors (Lipinski definition) is 3. The Morgan fingerprint density at radius 2 is 1.85 bits per heavy atom. The first kappa shape index (κ1) is 20.0. The lowest BCUT2D eigenvalue weighted by atomic mass is 9.58. The second-order valence-electron chi connectivity index (χ2n) is 6.60. The number of hydrogen-bond donors (Lipinski definition) is 2. The fraction of sp³-hybridized carbons (Fsp3) is 0.474. The number of alkyl halides is 2. The number of rotatable bonds is 7. The van der Waals surface area contributed by atoms with Crippen molar-refractivity contribution in [2.45, 2.75) is 45.3 Å². The van der Waals surface area contributed by atoms with Gasteiger partial charge in [0.25, 0.3) is 6.43 Å². The Balaban J connectivity index is 2.51. The Bertz CT molecular complexity index is 703. The lowest BCUT2D eigenvalue weighted by Gasteiger charge is -2.48. The molecule has 0 heterocycles. The molecule has 0 aliphatic heterocycles. The second-order valence-corrected chi connectivity index (χ2v) is 6.60. The van der Waals surface area contributed by atoms with E-state index in [2.05, 4.69) is 0 Å². The summed E-state index contributed by atoms with van der Waals surface area (Å²) < 4.78 is 32.7. The molecule has 2 N–H and O–H groups in total. The van der Waals surface area contributed by atoms with Crippen LogP contribution < -0.4 is 0 Å². The van der Waals surface area contributed by atoms with E-state index in [4.69, 9.17) is 4.74 Å². The van der Waals surface area contributed by atoms with Crippen LogP contribution in [0.25, 0.3) is 0 Å². The van der Waals surface area contributed by atoms with Crippen molar-refractivity contribution in [2.75, 3.05) is 0 Å². The van der Waals surface area contributed by atoms with E-state index in [0.717, 1.165) is 13.0 Å². The van der Waals surface area contributed by atoms with Gasteiger partial charge < -0.3 is 14.9 Å². The van der Waals surface area contributed by atoms with E-state index in [1.807, 2.05) is 0 Å². The Kier molecular flexibility index (Phi) is 5.81. The summed E-state index contributed by atoms with van der Waals surface area (Å²) in [6.07, 6.45) is -2.21. The normalized spacial score (nSPS) is 28.7. The van der Waals surface area contributed by atoms with Gasteiger partial charge in [0.2, 0.25) is 0 Å². The SMILES string of the molecule is CCC1C(OCc2ccccc2)(C(=O)O)CC=C(C(F)F)C1(C)C(=O)O. The molecule has 142 valence electrons. The smallest absolute Gasteiger partial charge is 0.336 e. The van der Waals surface area contributed by atoms with Crippen LogP contribution in [0.3, 0.4) is 0 Å². The molecule has 1 aromatic rings. The minimum Gasteiger partial charge on any atom is -0.481 e. The van der Waals surface area contributed by atoms with Gasteiger partial charge in [0.05, 0.1) is 12.0 Å². The summed E-state index contributed by atoms with van der Waals surface area (Å²) >= 11 is 0. The van der Waals surface area contributed by atoms with Gasteiger partial charge >= 0.3 is 11.9 Å². The van der Waals surface area contributed by atoms with E-state index in [1.54, 1.807) is 37.3 Å². The van der Waals surface area contributed by atoms with Gasteiger partial charge in [-0.05, 0) is 18.9 Å². The molecule has 3 unspecified atom stereocenters. The third-order valence-corrected chi connectivity index (χ3v) is 5.27. The molecule has 0 bridgehead atoms. The van der Waals surface area contributed by atoms with Crippen LogP contribution >= 0.6 is 0 Å². The quantitative estimate of drug-likeness (QED) is 0.717. The highest BCUT2D eigenvalue weighted by atomic mass is 19.3. The molecule has 0 saturated carbocycles. The molecule has 2 rings (SSSR count). The molecule has 1 aliphatic rings. The monoisotopic (exact) mass is 368 g/mol. The van der Waals surface area contributed by atoms with Crippen LogP contribution in [0.2, 0.25) is 0 Å². The number of ether oxygens (including phenoxy) is 1. The van der Waals surface area contributed by atoms with Gasteiger partial charge in [-0.25, -0.2) is 13.6 Å². The van der Waals surface area contributed by atoms with Crippen LogP contribution in [0.15, 0.2) is 42.0 Å². The first-order valence-electron chi connectivity index (χ1n) is 8.33. The van der Waals surface area contributed by atoms with Gasteiger partial charge in [-0.3, -0.25) is 4.79 Å². The zero-order valence-corrected chi connectivity index (χ0v) is 14.6. The van der Waals surface area contributed by atoms with E-state index >= 15 is 0 Å². The predicted molar refractivity (Wildman–Crippen MR) is 89.8 cm³/mol. The van der Waals surface area contributed by atoms with E-state index < -0.39 is 40.9 Å². The minimum atomic E-state index is -2.98. The van der Waals surface area contributed by atoms with Gasteiger partial charge in [-0.2, -0.15) is 0 Å². The summed E-state index contributed by atoms with van der Waals surface area (Å²) in [5.74, 6) is -3.98. The Hall–Kier alpha value is -2.28. The van der Waals surface area contributed by atoms with Crippen molar-refractivity contribution in [1.82, 2.24) is 0 Å². The summed E-state index contributed by atoms with van der Waals surface area (Å²) in [6, 6.07) is 8.82. The highest BCUT2D eigenvalue weighted by Crippen LogP contribution is 2.52. The van der Waals surface area contributed by atoms with Crippen molar-refractivity contribution in [2.24, 2.45) is 11.3 Å². The zero-order chi connectivity index (χ0) is 19.5. The predicted octanol–water partition coefficient (Wildman–Crippen LogP) is 3.74. The minimum absolute atomic E-state index is 0.0583. The Morgan fingerprint density at radius 3 is 2.31 bits per heavy atom. The van der Waals surface area contributed by atoms with E-state index in [1.165, 1.54) is 0 Å². The van der Waals surface area contributed by atoms with Crippen LogP contribution in [0.4, 0.5) is 8.78 Å². The van der Waals surface area contributed by atoms with Crippen LogP contribution in [0, 0.1) is 11.3 Å². The number of aliphatic carboxylic acids is 2. The van der Waals surface area contributed by atoms with Crippen LogP contribution in [-0.4, -0.2) is 34.2 Å². The van der Waals surface area contributed by atoms with Crippen molar-refractivity contribution in [3.05, 3.63) is 47.5 Å². The van der Waals surface area contributed by atoms with Gasteiger partial charge in [-0.15, -0.1) is 0 Å². The second kappa shape index (κ2) is 7.53. The average molecular weight is 368 g/mol. The fourth-order valence-electron chi connectivity index (χ4n) is 3.85. The average Bonchev–Trinajstić information content (AvgIpc) is 2.60. The van der Waals surface area contributed by atoms with Crippen molar-refractivity contribution in [1.29, 1.82) is 0 Å². The van der Waals surface area contributed by atoms with Crippen molar-refractivity contribution in [3.63, 3.8) is 0 Å². The highest BCUT2D eigenvalue weighted by molar-refractivity contribution is 5.85. The van der Waals surface area contributed by atoms with Crippen LogP contribution in [0.1, 0.15) is 32.3 Å². The summed E-state index contributed by atoms with van der Waals surface area (Å²) in [6.45, 7) is 2.69. The first-order chi connectivity index (χ1) is 12.2. The highest BCUT2D eigenvalue weighted by Gasteiger charge is 2.61. The van der Waals surface area contributed by atoms with Crippen molar-refractivity contribution >= 4 is 11.9 Å². The van der Waals surface area contributed by atoms with Crippen molar-refractivity contribution in [3.8, 4) is 0 Å². The summed E-state index contributed by atoms with van der Waals surface area (Å²) in [5.41, 5.74) is -3.77. The molecule has 0 saturated heterocycles. The van der Waals surface area contributed by atoms with E-state index in [0.29, 0.717) is 5.56 Å². The summed E-state index contributed by atoms with van der Waals surface area (Å²) in [5, 5.41) is 19.6. The topological polar surface area (TPSA) is 83.8 Å². The summed E-state index contributed by atoms with van der Waals surface area (Å²) in [7, 11) is 0. The van der Waals surface area contributed by atoms with Gasteiger partial charge in [0, 0.05) is 17.9 Å². The molecule has 5 nitrogen and oxygen atoms in total. The third-order valence-electron chi connectivity index (χ3n) is 5.27. The Labute approximate surface area is 150 Å². The Morgan fingerprint density at radius 1 is 1.23 bits per heavy atom. The molecular weight excluding hydrogens is 346 g/mol. The molecule has 0 radical (unpaired) electrons. The lowest BCUT2D eigenvalue weighted by Crippen LogP contribution is -2.59. The maximum atomic E-state index is 13.5. The zero-order valence-electron chi connectivity index (χ0n) is 14.6. The molecule has 0 spiro atoms. The van der Waals surface area contributed by atoms with Gasteiger partial charge in [-0.1, -0.05) is 43.3 Å². The molecule has 1 aromatic carbocycles. The molecule has 3 atom stereocenters. The fourth-order valence-corrected chi connectivity index (χ4v) is 3.85.